The molecular formula is C15H21ClN2O2. The standard InChI is InChI=1S/C15H21ClN2O2/c16-11-6-7-14(17)13(10-11)15(20)18(8-9-19)12-4-2-1-3-5-12/h6-7,10,12,19H,1-5,8-9,17H2. The third-order valence-electron chi connectivity index (χ3n) is 3.86. The Labute approximate surface area is 124 Å². The highest BCUT2D eigenvalue weighted by molar-refractivity contribution is 6.31. The van der Waals surface area contributed by atoms with Gasteiger partial charge in [-0.2, -0.15) is 0 Å². The van der Waals surface area contributed by atoms with Gasteiger partial charge < -0.3 is 15.7 Å². The average molecular weight is 297 g/mol. The number of hydrogen-bond acceptors (Lipinski definition) is 3. The van der Waals surface area contributed by atoms with E-state index in [0.717, 1.165) is 25.7 Å². The number of halogens is 1. The molecule has 0 heterocycles. The Balaban J connectivity index is 2.23. The maximum atomic E-state index is 12.7. The van der Waals surface area contributed by atoms with Gasteiger partial charge in [0.1, 0.15) is 0 Å². The Morgan fingerprint density at radius 2 is 2.05 bits per heavy atom. The van der Waals surface area contributed by atoms with Crippen LogP contribution in [0.5, 0.6) is 0 Å². The zero-order chi connectivity index (χ0) is 14.5. The SMILES string of the molecule is Nc1ccc(Cl)cc1C(=O)N(CCO)C1CCCCC1. The third-order valence-corrected chi connectivity index (χ3v) is 4.10. The van der Waals surface area contributed by atoms with Crippen molar-refractivity contribution in [1.82, 2.24) is 4.90 Å². The predicted molar refractivity (Wildman–Crippen MR) is 80.9 cm³/mol. The van der Waals surface area contributed by atoms with Crippen molar-refractivity contribution in [2.75, 3.05) is 18.9 Å². The van der Waals surface area contributed by atoms with Crippen molar-refractivity contribution in [3.63, 3.8) is 0 Å². The summed E-state index contributed by atoms with van der Waals surface area (Å²) in [5.41, 5.74) is 6.74. The summed E-state index contributed by atoms with van der Waals surface area (Å²) in [5.74, 6) is -0.133. The molecule has 0 atom stereocenters. The van der Waals surface area contributed by atoms with E-state index in [1.807, 2.05) is 0 Å². The van der Waals surface area contributed by atoms with E-state index in [0.29, 0.717) is 22.8 Å². The molecule has 1 aromatic rings. The van der Waals surface area contributed by atoms with Crippen molar-refractivity contribution in [2.24, 2.45) is 0 Å². The van der Waals surface area contributed by atoms with Crippen LogP contribution < -0.4 is 5.73 Å². The van der Waals surface area contributed by atoms with Crippen LogP contribution in [0.2, 0.25) is 5.02 Å². The van der Waals surface area contributed by atoms with Crippen molar-refractivity contribution >= 4 is 23.2 Å². The average Bonchev–Trinajstić information content (AvgIpc) is 2.47. The molecule has 0 saturated heterocycles. The van der Waals surface area contributed by atoms with Crippen LogP contribution in [0.1, 0.15) is 42.5 Å². The van der Waals surface area contributed by atoms with Gasteiger partial charge in [0.2, 0.25) is 0 Å². The first-order valence-corrected chi connectivity index (χ1v) is 7.48. The van der Waals surface area contributed by atoms with E-state index in [4.69, 9.17) is 17.3 Å². The Morgan fingerprint density at radius 1 is 1.35 bits per heavy atom. The molecule has 110 valence electrons. The summed E-state index contributed by atoms with van der Waals surface area (Å²) in [4.78, 5) is 14.4. The van der Waals surface area contributed by atoms with Gasteiger partial charge in [-0.25, -0.2) is 0 Å². The molecule has 1 amide bonds. The van der Waals surface area contributed by atoms with Crippen molar-refractivity contribution in [3.05, 3.63) is 28.8 Å². The second-order valence-corrected chi connectivity index (χ2v) is 5.68. The van der Waals surface area contributed by atoms with Crippen LogP contribution in [0.3, 0.4) is 0 Å². The Kier molecular flexibility index (Phi) is 5.26. The molecule has 20 heavy (non-hydrogen) atoms. The van der Waals surface area contributed by atoms with Gasteiger partial charge in [-0.3, -0.25) is 4.79 Å². The first kappa shape index (κ1) is 15.1. The molecule has 1 saturated carbocycles. The lowest BCUT2D eigenvalue weighted by molar-refractivity contribution is 0.0586. The van der Waals surface area contributed by atoms with Crippen molar-refractivity contribution in [3.8, 4) is 0 Å². The summed E-state index contributed by atoms with van der Waals surface area (Å²) in [6.45, 7) is 0.304. The first-order chi connectivity index (χ1) is 9.63. The normalized spacial score (nSPS) is 16.1. The molecule has 0 aliphatic heterocycles. The lowest BCUT2D eigenvalue weighted by atomic mass is 9.93. The Morgan fingerprint density at radius 3 is 2.70 bits per heavy atom. The number of aliphatic hydroxyl groups excluding tert-OH is 1. The number of carbonyl (C=O) groups excluding carboxylic acids is 1. The lowest BCUT2D eigenvalue weighted by Gasteiger charge is -2.34. The van der Waals surface area contributed by atoms with Gasteiger partial charge in [-0.1, -0.05) is 30.9 Å². The number of nitrogens with two attached hydrogens (primary N) is 1. The molecule has 1 aliphatic carbocycles. The summed E-state index contributed by atoms with van der Waals surface area (Å²) < 4.78 is 0. The molecule has 1 aliphatic rings. The fourth-order valence-electron chi connectivity index (χ4n) is 2.82. The van der Waals surface area contributed by atoms with Gasteiger partial charge in [-0.15, -0.1) is 0 Å². The molecule has 0 spiro atoms. The molecule has 2 rings (SSSR count). The maximum absolute atomic E-state index is 12.7. The van der Waals surface area contributed by atoms with Crippen LogP contribution in [0.15, 0.2) is 18.2 Å². The lowest BCUT2D eigenvalue weighted by Crippen LogP contribution is -2.43. The smallest absolute Gasteiger partial charge is 0.256 e. The van der Waals surface area contributed by atoms with Crippen LogP contribution in [0, 0.1) is 0 Å². The van der Waals surface area contributed by atoms with E-state index in [9.17, 15) is 9.90 Å². The van der Waals surface area contributed by atoms with Crippen molar-refractivity contribution < 1.29 is 9.90 Å². The summed E-state index contributed by atoms with van der Waals surface area (Å²) >= 11 is 5.95. The molecule has 1 fully saturated rings. The van der Waals surface area contributed by atoms with E-state index in [2.05, 4.69) is 0 Å². The molecule has 0 radical (unpaired) electrons. The summed E-state index contributed by atoms with van der Waals surface area (Å²) in [7, 11) is 0. The van der Waals surface area contributed by atoms with Crippen molar-refractivity contribution in [1.29, 1.82) is 0 Å². The highest BCUT2D eigenvalue weighted by Crippen LogP contribution is 2.26. The molecule has 0 aromatic heterocycles. The maximum Gasteiger partial charge on any atom is 0.256 e. The van der Waals surface area contributed by atoms with E-state index in [1.54, 1.807) is 23.1 Å². The fraction of sp³-hybridized carbons (Fsp3) is 0.533. The van der Waals surface area contributed by atoms with Crippen molar-refractivity contribution in [2.45, 2.75) is 38.1 Å². The molecular weight excluding hydrogens is 276 g/mol. The second kappa shape index (κ2) is 6.95. The number of rotatable bonds is 4. The topological polar surface area (TPSA) is 66.6 Å². The van der Waals surface area contributed by atoms with Crippen LogP contribution in [0.4, 0.5) is 5.69 Å². The van der Waals surface area contributed by atoms with E-state index in [1.165, 1.54) is 6.42 Å². The fourth-order valence-corrected chi connectivity index (χ4v) is 2.99. The molecule has 5 heteroatoms. The van der Waals surface area contributed by atoms with E-state index < -0.39 is 0 Å². The second-order valence-electron chi connectivity index (χ2n) is 5.25. The van der Waals surface area contributed by atoms with Crippen LogP contribution in [-0.4, -0.2) is 35.1 Å². The predicted octanol–water partition coefficient (Wildman–Crippen LogP) is 2.69. The van der Waals surface area contributed by atoms with Gasteiger partial charge in [0.25, 0.3) is 5.91 Å². The van der Waals surface area contributed by atoms with Gasteiger partial charge in [0, 0.05) is 23.3 Å². The minimum Gasteiger partial charge on any atom is -0.398 e. The third kappa shape index (κ3) is 3.44. The summed E-state index contributed by atoms with van der Waals surface area (Å²) in [6.07, 6.45) is 5.46. The minimum absolute atomic E-state index is 0.0390. The largest absolute Gasteiger partial charge is 0.398 e. The van der Waals surface area contributed by atoms with E-state index in [-0.39, 0.29) is 18.6 Å². The monoisotopic (exact) mass is 296 g/mol. The molecule has 4 nitrogen and oxygen atoms in total. The number of carbonyl (C=O) groups is 1. The molecule has 0 bridgehead atoms. The minimum atomic E-state index is -0.133. The van der Waals surface area contributed by atoms with E-state index >= 15 is 0 Å². The van der Waals surface area contributed by atoms with Crippen LogP contribution >= 0.6 is 11.6 Å². The molecule has 1 aromatic carbocycles. The van der Waals surface area contributed by atoms with Gasteiger partial charge in [0.05, 0.1) is 12.2 Å². The van der Waals surface area contributed by atoms with Crippen LogP contribution in [0.25, 0.3) is 0 Å². The van der Waals surface area contributed by atoms with Gasteiger partial charge >= 0.3 is 0 Å². The zero-order valence-corrected chi connectivity index (χ0v) is 12.3. The number of hydrogen-bond donors (Lipinski definition) is 2. The number of amides is 1. The molecule has 3 N–H and O–H groups in total. The van der Waals surface area contributed by atoms with Gasteiger partial charge in [-0.05, 0) is 31.0 Å². The zero-order valence-electron chi connectivity index (χ0n) is 11.5. The summed E-state index contributed by atoms with van der Waals surface area (Å²) in [6, 6.07) is 5.12. The number of nitrogens with zero attached hydrogens (tertiary/aromatic N) is 1. The first-order valence-electron chi connectivity index (χ1n) is 7.10. The Bertz CT molecular complexity index is 473. The molecule has 0 unspecified atom stereocenters. The van der Waals surface area contributed by atoms with Gasteiger partial charge in [0.15, 0.2) is 0 Å². The summed E-state index contributed by atoms with van der Waals surface area (Å²) in [5, 5.41) is 9.73. The highest BCUT2D eigenvalue weighted by atomic mass is 35.5. The number of anilines is 1. The van der Waals surface area contributed by atoms with Crippen LogP contribution in [-0.2, 0) is 0 Å². The number of benzene rings is 1. The quantitative estimate of drug-likeness (QED) is 0.840. The number of aliphatic hydroxyl groups is 1. The Hall–Kier alpha value is -1.26. The number of nitrogen functional groups attached to an aromatic ring is 1. The highest BCUT2D eigenvalue weighted by Gasteiger charge is 2.26.